The predicted octanol–water partition coefficient (Wildman–Crippen LogP) is 7.19. The van der Waals surface area contributed by atoms with Crippen molar-refractivity contribution in [2.75, 3.05) is 10.8 Å². The lowest BCUT2D eigenvalue weighted by Gasteiger charge is -2.38. The Hall–Kier alpha value is -2.73. The highest BCUT2D eigenvalue weighted by Crippen LogP contribution is 2.44. The van der Waals surface area contributed by atoms with Crippen molar-refractivity contribution in [2.24, 2.45) is 4.36 Å². The molecule has 220 valence electrons. The Morgan fingerprint density at radius 2 is 1.61 bits per heavy atom. The van der Waals surface area contributed by atoms with Crippen molar-refractivity contribution in [3.63, 3.8) is 0 Å². The number of fused-ring (bicyclic) bond motifs is 2. The zero-order chi connectivity index (χ0) is 29.0. The molecule has 0 bridgehead atoms. The number of hydrogen-bond donors (Lipinski definition) is 2. The van der Waals surface area contributed by atoms with Crippen molar-refractivity contribution < 1.29 is 27.2 Å². The molecule has 0 spiro atoms. The summed E-state index contributed by atoms with van der Waals surface area (Å²) < 4.78 is 65.8. The SMILES string of the molecule is CCCN=S(=O)(N[C@H]1CCCC(SN2c3ccccc3CCc3ccccc32)[C@@H]1O)c1ccc(OC(F)(F)F)cc1. The highest BCUT2D eigenvalue weighted by Gasteiger charge is 2.37. The number of alkyl halides is 3. The van der Waals surface area contributed by atoms with E-state index in [2.05, 4.69) is 42.4 Å². The third-order valence-electron chi connectivity index (χ3n) is 7.31. The Morgan fingerprint density at radius 3 is 2.20 bits per heavy atom. The van der Waals surface area contributed by atoms with Crippen LogP contribution in [0, 0.1) is 0 Å². The molecule has 4 atom stereocenters. The Labute approximate surface area is 243 Å². The van der Waals surface area contributed by atoms with Gasteiger partial charge in [-0.3, -0.25) is 4.31 Å². The lowest BCUT2D eigenvalue weighted by molar-refractivity contribution is -0.274. The molecular weight excluding hydrogens is 571 g/mol. The number of hydrogen-bond acceptors (Lipinski definition) is 6. The molecule has 2 unspecified atom stereocenters. The molecule has 0 aromatic heterocycles. The summed E-state index contributed by atoms with van der Waals surface area (Å²) >= 11 is 1.60. The summed E-state index contributed by atoms with van der Waals surface area (Å²) in [6, 6.07) is 21.1. The first-order valence-electron chi connectivity index (χ1n) is 13.8. The number of rotatable bonds is 8. The predicted molar refractivity (Wildman–Crippen MR) is 158 cm³/mol. The van der Waals surface area contributed by atoms with Gasteiger partial charge in [0.05, 0.1) is 27.6 Å². The molecule has 11 heteroatoms. The fourth-order valence-corrected chi connectivity index (χ4v) is 8.72. The van der Waals surface area contributed by atoms with Gasteiger partial charge in [0.15, 0.2) is 0 Å². The summed E-state index contributed by atoms with van der Waals surface area (Å²) in [6.45, 7) is 2.21. The first-order valence-corrected chi connectivity index (χ1v) is 16.2. The number of nitrogens with zero attached hydrogens (tertiary/aromatic N) is 2. The largest absolute Gasteiger partial charge is 0.573 e. The molecule has 6 nitrogen and oxygen atoms in total. The van der Waals surface area contributed by atoms with Crippen LogP contribution in [-0.2, 0) is 22.8 Å². The van der Waals surface area contributed by atoms with E-state index in [1.54, 1.807) is 11.9 Å². The van der Waals surface area contributed by atoms with Crippen LogP contribution in [0.3, 0.4) is 0 Å². The Balaban J connectivity index is 1.39. The first-order chi connectivity index (χ1) is 19.7. The molecule has 1 fully saturated rings. The van der Waals surface area contributed by atoms with Crippen LogP contribution in [0.15, 0.2) is 82.1 Å². The molecule has 0 saturated heterocycles. The molecule has 0 radical (unpaired) electrons. The Morgan fingerprint density at radius 1 is 1.00 bits per heavy atom. The molecule has 3 aromatic rings. The number of aliphatic hydroxyl groups excluding tert-OH is 1. The van der Waals surface area contributed by atoms with E-state index >= 15 is 0 Å². The second-order valence-electron chi connectivity index (χ2n) is 10.2. The van der Waals surface area contributed by atoms with E-state index in [-0.39, 0.29) is 10.1 Å². The average molecular weight is 606 g/mol. The van der Waals surface area contributed by atoms with Crippen molar-refractivity contribution >= 4 is 33.2 Å². The first kappa shape index (κ1) is 29.8. The van der Waals surface area contributed by atoms with Gasteiger partial charge in [-0.1, -0.05) is 49.7 Å². The van der Waals surface area contributed by atoms with Crippen LogP contribution in [0.1, 0.15) is 43.7 Å². The zero-order valence-electron chi connectivity index (χ0n) is 22.7. The van der Waals surface area contributed by atoms with Gasteiger partial charge in [0.1, 0.15) is 15.7 Å². The Kier molecular flexibility index (Phi) is 9.18. The fraction of sp³-hybridized carbons (Fsp3) is 0.400. The number of aliphatic hydroxyl groups is 1. The molecule has 0 amide bonds. The summed E-state index contributed by atoms with van der Waals surface area (Å²) in [5.74, 6) is -0.398. The zero-order valence-corrected chi connectivity index (χ0v) is 24.4. The summed E-state index contributed by atoms with van der Waals surface area (Å²) in [7, 11) is -3.23. The van der Waals surface area contributed by atoms with E-state index in [0.717, 1.165) is 49.2 Å². The van der Waals surface area contributed by atoms with E-state index in [4.69, 9.17) is 0 Å². The van der Waals surface area contributed by atoms with Gasteiger partial charge in [-0.2, -0.15) is 0 Å². The number of anilines is 2. The number of benzene rings is 3. The van der Waals surface area contributed by atoms with Gasteiger partial charge in [-0.25, -0.2) is 13.3 Å². The van der Waals surface area contributed by atoms with Gasteiger partial charge in [0.2, 0.25) is 0 Å². The van der Waals surface area contributed by atoms with E-state index in [9.17, 15) is 22.5 Å². The molecule has 1 aliphatic carbocycles. The van der Waals surface area contributed by atoms with Gasteiger partial charge in [-0.15, -0.1) is 13.2 Å². The van der Waals surface area contributed by atoms with Gasteiger partial charge in [-0.05, 0) is 91.6 Å². The molecule has 2 N–H and O–H groups in total. The van der Waals surface area contributed by atoms with Crippen molar-refractivity contribution in [1.29, 1.82) is 0 Å². The molecule has 2 aliphatic rings. The van der Waals surface area contributed by atoms with Crippen LogP contribution in [0.2, 0.25) is 0 Å². The Bertz CT molecular complexity index is 1410. The van der Waals surface area contributed by atoms with E-state index in [1.165, 1.54) is 23.3 Å². The molecule has 41 heavy (non-hydrogen) atoms. The summed E-state index contributed by atoms with van der Waals surface area (Å²) in [5.41, 5.74) is 4.70. The van der Waals surface area contributed by atoms with Crippen molar-refractivity contribution in [3.8, 4) is 5.75 Å². The van der Waals surface area contributed by atoms with Crippen molar-refractivity contribution in [1.82, 2.24) is 4.72 Å². The van der Waals surface area contributed by atoms with Crippen LogP contribution in [0.5, 0.6) is 5.75 Å². The molecule has 5 rings (SSSR count). The highest BCUT2D eigenvalue weighted by molar-refractivity contribution is 8.01. The number of ether oxygens (including phenoxy) is 1. The number of nitrogens with one attached hydrogen (secondary N) is 1. The minimum absolute atomic E-state index is 0.183. The van der Waals surface area contributed by atoms with Crippen LogP contribution in [0.25, 0.3) is 0 Å². The van der Waals surface area contributed by atoms with Crippen molar-refractivity contribution in [2.45, 2.75) is 74.1 Å². The molecular formula is C30H34F3N3O3S2. The van der Waals surface area contributed by atoms with E-state index in [0.29, 0.717) is 19.4 Å². The molecule has 3 aromatic carbocycles. The van der Waals surface area contributed by atoms with Gasteiger partial charge < -0.3 is 9.84 Å². The average Bonchev–Trinajstić information content (AvgIpc) is 3.11. The monoisotopic (exact) mass is 605 g/mol. The second kappa shape index (κ2) is 12.6. The molecule has 1 saturated carbocycles. The van der Waals surface area contributed by atoms with Gasteiger partial charge in [0, 0.05) is 12.6 Å². The topological polar surface area (TPSA) is 74.2 Å². The maximum Gasteiger partial charge on any atom is 0.573 e. The summed E-state index contributed by atoms with van der Waals surface area (Å²) in [4.78, 5) is 0.248. The maximum atomic E-state index is 14.2. The summed E-state index contributed by atoms with van der Waals surface area (Å²) in [6.07, 6.45) is -0.965. The minimum atomic E-state index is -4.82. The van der Waals surface area contributed by atoms with Crippen molar-refractivity contribution in [3.05, 3.63) is 83.9 Å². The van der Waals surface area contributed by atoms with Gasteiger partial charge >= 0.3 is 6.36 Å². The normalized spacial score (nSPS) is 22.2. The quantitative estimate of drug-likeness (QED) is 0.266. The fourth-order valence-electron chi connectivity index (χ4n) is 5.30. The summed E-state index contributed by atoms with van der Waals surface area (Å²) in [5, 5.41) is 11.4. The van der Waals surface area contributed by atoms with Crippen LogP contribution < -0.4 is 13.8 Å². The van der Waals surface area contributed by atoms with Crippen LogP contribution in [0.4, 0.5) is 24.5 Å². The van der Waals surface area contributed by atoms with Gasteiger partial charge in [0.25, 0.3) is 0 Å². The molecule has 1 aliphatic heterocycles. The minimum Gasteiger partial charge on any atom is -0.406 e. The number of aryl methyl sites for hydroxylation is 2. The van der Waals surface area contributed by atoms with E-state index in [1.807, 2.05) is 31.2 Å². The van der Waals surface area contributed by atoms with E-state index < -0.39 is 34.2 Å². The third kappa shape index (κ3) is 7.02. The lowest BCUT2D eigenvalue weighted by atomic mass is 9.93. The smallest absolute Gasteiger partial charge is 0.406 e. The lowest BCUT2D eigenvalue weighted by Crippen LogP contribution is -2.50. The number of para-hydroxylation sites is 2. The third-order valence-corrected chi connectivity index (χ3v) is 10.8. The van der Waals surface area contributed by atoms with Crippen LogP contribution in [-0.4, -0.2) is 39.6 Å². The second-order valence-corrected chi connectivity index (χ2v) is 13.4. The highest BCUT2D eigenvalue weighted by atomic mass is 32.2. The van der Waals surface area contributed by atoms with Crippen LogP contribution >= 0.6 is 11.9 Å². The number of halogens is 3. The standard InChI is InChI=1S/C30H34F3N3O3S2/c1-2-20-34-41(38,24-18-16-23(17-19-24)39-30(31,32)33)35-25-10-7-13-28(29(25)37)40-36-26-11-5-3-8-21(26)14-15-22-9-4-6-12-27(22)36/h3-6,8-9,11-12,16-19,25,28-29,37H,2,7,10,13-15,20H2,1H3,(H,34,35,38)/t25-,28?,29+,41?/m0/s1. The molecule has 1 heterocycles. The maximum absolute atomic E-state index is 14.2.